The molecule has 0 saturated carbocycles. The smallest absolute Gasteiger partial charge is 0.250 e. The van der Waals surface area contributed by atoms with Crippen molar-refractivity contribution >= 4 is 57.8 Å². The van der Waals surface area contributed by atoms with Crippen molar-refractivity contribution in [3.63, 3.8) is 0 Å². The van der Waals surface area contributed by atoms with Crippen LogP contribution in [0.3, 0.4) is 0 Å². The van der Waals surface area contributed by atoms with E-state index in [0.29, 0.717) is 20.8 Å². The van der Waals surface area contributed by atoms with Crippen LogP contribution in [0.2, 0.25) is 10.0 Å². The van der Waals surface area contributed by atoms with Crippen molar-refractivity contribution in [2.45, 2.75) is 32.9 Å². The maximum absolute atomic E-state index is 12.1. The minimum Gasteiger partial charge on any atom is -0.375 e. The zero-order valence-electron chi connectivity index (χ0n) is 22.5. The number of hydrogen-bond acceptors (Lipinski definition) is 4. The van der Waals surface area contributed by atoms with Gasteiger partial charge in [0, 0.05) is 41.1 Å². The first-order valence-corrected chi connectivity index (χ1v) is 13.9. The van der Waals surface area contributed by atoms with Gasteiger partial charge in [-0.25, -0.2) is 0 Å². The molecular formula is C30H29Cl2N5O2S. The molecular weight excluding hydrogens is 565 g/mol. The molecule has 40 heavy (non-hydrogen) atoms. The van der Waals surface area contributed by atoms with Crippen molar-refractivity contribution in [1.29, 1.82) is 0 Å². The van der Waals surface area contributed by atoms with Crippen molar-refractivity contribution < 1.29 is 9.53 Å². The number of carbonyl (C=O) groups excluding carboxylic acids is 1. The van der Waals surface area contributed by atoms with E-state index in [4.69, 9.17) is 40.2 Å². The number of thiocarbonyl (C=S) groups is 1. The van der Waals surface area contributed by atoms with Gasteiger partial charge >= 0.3 is 0 Å². The van der Waals surface area contributed by atoms with E-state index < -0.39 is 0 Å². The summed E-state index contributed by atoms with van der Waals surface area (Å²) in [6.07, 6.45) is 1.78. The van der Waals surface area contributed by atoms with Gasteiger partial charge in [-0.1, -0.05) is 35.3 Å². The zero-order chi connectivity index (χ0) is 28.6. The number of methoxy groups -OCH3 is 1. The summed E-state index contributed by atoms with van der Waals surface area (Å²) in [5.41, 5.74) is 7.54. The van der Waals surface area contributed by atoms with Crippen molar-refractivity contribution in [3.8, 4) is 5.69 Å². The van der Waals surface area contributed by atoms with Gasteiger partial charge in [0.2, 0.25) is 5.91 Å². The van der Waals surface area contributed by atoms with Crippen molar-refractivity contribution in [2.75, 3.05) is 23.9 Å². The van der Waals surface area contributed by atoms with Crippen LogP contribution in [0.25, 0.3) is 5.69 Å². The Hall–Kier alpha value is -3.43. The molecule has 206 valence electrons. The molecule has 0 aliphatic carbocycles. The van der Waals surface area contributed by atoms with Crippen molar-refractivity contribution in [1.82, 2.24) is 14.9 Å². The second-order valence-corrected chi connectivity index (χ2v) is 11.0. The predicted octanol–water partition coefficient (Wildman–Crippen LogP) is 6.87. The lowest BCUT2D eigenvalue weighted by Crippen LogP contribution is -2.29. The Morgan fingerprint density at radius 1 is 1.10 bits per heavy atom. The van der Waals surface area contributed by atoms with E-state index in [1.165, 1.54) is 7.11 Å². The molecule has 4 aromatic rings. The Kier molecular flexibility index (Phi) is 8.14. The molecule has 2 aromatic heterocycles. The van der Waals surface area contributed by atoms with Gasteiger partial charge in [0.15, 0.2) is 5.11 Å². The van der Waals surface area contributed by atoms with Crippen LogP contribution in [-0.2, 0) is 9.53 Å². The fraction of sp³-hybridized carbons (Fsp3) is 0.233. The number of nitrogens with zero attached hydrogens (tertiary/aromatic N) is 3. The normalized spacial score (nSPS) is 16.8. The van der Waals surface area contributed by atoms with E-state index >= 15 is 0 Å². The Morgan fingerprint density at radius 2 is 1.90 bits per heavy atom. The maximum Gasteiger partial charge on any atom is 0.250 e. The first-order valence-electron chi connectivity index (χ1n) is 12.7. The number of hydrogen-bond donors (Lipinski definition) is 2. The van der Waals surface area contributed by atoms with Crippen molar-refractivity contribution in [2.24, 2.45) is 0 Å². The van der Waals surface area contributed by atoms with E-state index in [1.807, 2.05) is 48.5 Å². The Balaban J connectivity index is 1.63. The number of halogens is 2. The molecule has 10 heteroatoms. The number of aromatic nitrogens is 2. The Bertz CT molecular complexity index is 1590. The topological polar surface area (TPSA) is 71.4 Å². The molecule has 1 saturated heterocycles. The average Bonchev–Trinajstić information content (AvgIpc) is 3.42. The molecule has 5 rings (SSSR count). The largest absolute Gasteiger partial charge is 0.375 e. The van der Waals surface area contributed by atoms with Crippen LogP contribution in [0.5, 0.6) is 0 Å². The second-order valence-electron chi connectivity index (χ2n) is 9.73. The number of carbonyl (C=O) groups is 1. The molecule has 1 amide bonds. The quantitative estimate of drug-likeness (QED) is 0.228. The summed E-state index contributed by atoms with van der Waals surface area (Å²) in [5.74, 6) is -0.285. The summed E-state index contributed by atoms with van der Waals surface area (Å²) in [6, 6.07) is 19.0. The summed E-state index contributed by atoms with van der Waals surface area (Å²) in [6.45, 7) is 6.22. The number of benzene rings is 2. The Labute approximate surface area is 249 Å². The van der Waals surface area contributed by atoms with Gasteiger partial charge in [0.25, 0.3) is 0 Å². The molecule has 1 aliphatic rings. The minimum atomic E-state index is -0.285. The fourth-order valence-electron chi connectivity index (χ4n) is 5.30. The van der Waals surface area contributed by atoms with Crippen LogP contribution >= 0.6 is 35.4 Å². The third-order valence-electron chi connectivity index (χ3n) is 7.08. The standard InChI is InChI=1S/C30H29Cl2N5O2S/c1-17-8-9-20(31)14-26(17)36-18(2)13-22(19(36)3)29-28(25-7-5-6-12-33-25)35-30(40)37(29)21-10-11-24(23(32)15-21)34-27(38)16-39-4/h5-15,28-29H,16H2,1-4H3,(H,34,38)(H,35,40)/t28-,29+/m1/s1. The highest BCUT2D eigenvalue weighted by Gasteiger charge is 2.42. The number of rotatable bonds is 7. The minimum absolute atomic E-state index is 0.0617. The van der Waals surface area contributed by atoms with E-state index in [-0.39, 0.29) is 24.6 Å². The third-order valence-corrected chi connectivity index (χ3v) is 7.94. The fourth-order valence-corrected chi connectivity index (χ4v) is 6.04. The summed E-state index contributed by atoms with van der Waals surface area (Å²) >= 11 is 19.0. The number of pyridine rings is 1. The predicted molar refractivity (Wildman–Crippen MR) is 165 cm³/mol. The van der Waals surface area contributed by atoms with Crippen LogP contribution < -0.4 is 15.5 Å². The molecule has 1 fully saturated rings. The molecule has 7 nitrogen and oxygen atoms in total. The number of anilines is 2. The number of ether oxygens (including phenoxy) is 1. The first kappa shape index (κ1) is 28.1. The highest BCUT2D eigenvalue weighted by atomic mass is 35.5. The third kappa shape index (κ3) is 5.32. The molecule has 2 aromatic carbocycles. The molecule has 0 unspecified atom stereocenters. The van der Waals surface area contributed by atoms with Crippen molar-refractivity contribution in [3.05, 3.63) is 105 Å². The van der Waals surface area contributed by atoms with Gasteiger partial charge in [-0.05, 0) is 92.6 Å². The van der Waals surface area contributed by atoms with Gasteiger partial charge in [-0.3, -0.25) is 9.78 Å². The average molecular weight is 595 g/mol. The van der Waals surface area contributed by atoms with E-state index in [2.05, 4.69) is 51.9 Å². The van der Waals surface area contributed by atoms with E-state index in [9.17, 15) is 4.79 Å². The van der Waals surface area contributed by atoms with Gasteiger partial charge in [-0.2, -0.15) is 0 Å². The summed E-state index contributed by atoms with van der Waals surface area (Å²) in [7, 11) is 1.47. The Morgan fingerprint density at radius 3 is 2.60 bits per heavy atom. The van der Waals surface area contributed by atoms with Crippen LogP contribution in [-0.4, -0.2) is 34.3 Å². The summed E-state index contributed by atoms with van der Waals surface area (Å²) < 4.78 is 7.15. The second kappa shape index (κ2) is 11.6. The molecule has 0 spiro atoms. The van der Waals surface area contributed by atoms with Crippen LogP contribution in [0.1, 0.15) is 40.3 Å². The zero-order valence-corrected chi connectivity index (χ0v) is 24.9. The maximum atomic E-state index is 12.1. The molecule has 2 N–H and O–H groups in total. The number of amides is 1. The molecule has 0 bridgehead atoms. The van der Waals surface area contributed by atoms with Gasteiger partial charge in [-0.15, -0.1) is 0 Å². The monoisotopic (exact) mass is 593 g/mol. The van der Waals surface area contributed by atoms with Crippen LogP contribution in [0, 0.1) is 20.8 Å². The van der Waals surface area contributed by atoms with Crippen LogP contribution in [0.4, 0.5) is 11.4 Å². The van der Waals surface area contributed by atoms with Gasteiger partial charge in [0.1, 0.15) is 6.61 Å². The lowest BCUT2D eigenvalue weighted by Gasteiger charge is -2.28. The highest BCUT2D eigenvalue weighted by Crippen LogP contribution is 2.45. The van der Waals surface area contributed by atoms with Gasteiger partial charge < -0.3 is 24.8 Å². The first-order chi connectivity index (χ1) is 19.2. The lowest BCUT2D eigenvalue weighted by molar-refractivity contribution is -0.119. The molecule has 0 radical (unpaired) electrons. The lowest BCUT2D eigenvalue weighted by atomic mass is 9.96. The van der Waals surface area contributed by atoms with Crippen LogP contribution in [0.15, 0.2) is 66.9 Å². The SMILES string of the molecule is COCC(=O)Nc1ccc(N2C(=S)N[C@H](c3ccccn3)[C@@H]2c2cc(C)n(-c3cc(Cl)ccc3C)c2C)cc1Cl. The summed E-state index contributed by atoms with van der Waals surface area (Å²) in [5, 5.41) is 7.91. The van der Waals surface area contributed by atoms with Gasteiger partial charge in [0.05, 0.1) is 28.5 Å². The molecule has 2 atom stereocenters. The number of nitrogens with one attached hydrogen (secondary N) is 2. The molecule has 1 aliphatic heterocycles. The highest BCUT2D eigenvalue weighted by molar-refractivity contribution is 7.80. The molecule has 3 heterocycles. The summed E-state index contributed by atoms with van der Waals surface area (Å²) in [4.78, 5) is 18.8. The van der Waals surface area contributed by atoms with E-state index in [0.717, 1.165) is 39.6 Å². The van der Waals surface area contributed by atoms with E-state index in [1.54, 1.807) is 12.3 Å². The number of aryl methyl sites for hydroxylation is 2.